The number of amidine groups is 1. The number of nitrogens with one attached hydrogen (secondary N) is 1. The maximum Gasteiger partial charge on any atom is 0.141 e. The summed E-state index contributed by atoms with van der Waals surface area (Å²) in [5.74, 6) is -0.0367. The Labute approximate surface area is 108 Å². The number of hydrogen-bond acceptors (Lipinski definition) is 4. The summed E-state index contributed by atoms with van der Waals surface area (Å²) in [6.45, 7) is 4.94. The minimum atomic E-state index is -0.0367. The molecule has 0 spiro atoms. The Kier molecular flexibility index (Phi) is 5.58. The second kappa shape index (κ2) is 6.96. The molecule has 5 nitrogen and oxygen atoms in total. The van der Waals surface area contributed by atoms with Crippen molar-refractivity contribution in [1.82, 2.24) is 4.98 Å². The summed E-state index contributed by atoms with van der Waals surface area (Å²) in [6.07, 6.45) is 3.67. The van der Waals surface area contributed by atoms with E-state index in [1.165, 1.54) is 0 Å². The van der Waals surface area contributed by atoms with Gasteiger partial charge in [0.1, 0.15) is 11.5 Å². The van der Waals surface area contributed by atoms with E-state index in [1.807, 2.05) is 6.07 Å². The molecule has 1 aromatic rings. The fourth-order valence-corrected chi connectivity index (χ4v) is 2.11. The molecule has 18 heavy (non-hydrogen) atoms. The zero-order chi connectivity index (χ0) is 13.5. The van der Waals surface area contributed by atoms with Crippen molar-refractivity contribution < 1.29 is 5.11 Å². The lowest BCUT2D eigenvalue weighted by Gasteiger charge is -2.32. The normalized spacial score (nSPS) is 10.7. The number of aliphatic hydroxyl groups is 1. The Morgan fingerprint density at radius 3 is 2.67 bits per heavy atom. The van der Waals surface area contributed by atoms with Crippen LogP contribution in [-0.4, -0.2) is 35.1 Å². The number of pyridine rings is 1. The van der Waals surface area contributed by atoms with Crippen LogP contribution in [-0.2, 0) is 0 Å². The molecule has 4 N–H and O–H groups in total. The van der Waals surface area contributed by atoms with Gasteiger partial charge >= 0.3 is 0 Å². The average molecular weight is 250 g/mol. The Bertz CT molecular complexity index is 390. The van der Waals surface area contributed by atoms with Gasteiger partial charge in [0.2, 0.25) is 0 Å². The van der Waals surface area contributed by atoms with E-state index in [0.29, 0.717) is 18.3 Å². The highest BCUT2D eigenvalue weighted by molar-refractivity contribution is 5.93. The molecule has 0 radical (unpaired) electrons. The third-order valence-electron chi connectivity index (χ3n) is 3.08. The van der Waals surface area contributed by atoms with Crippen molar-refractivity contribution in [3.05, 3.63) is 24.0 Å². The van der Waals surface area contributed by atoms with Gasteiger partial charge in [-0.2, -0.15) is 0 Å². The Morgan fingerprint density at radius 1 is 1.50 bits per heavy atom. The molecule has 0 saturated heterocycles. The molecule has 0 fully saturated rings. The zero-order valence-electron chi connectivity index (χ0n) is 11.1. The van der Waals surface area contributed by atoms with Crippen LogP contribution >= 0.6 is 0 Å². The number of aromatic nitrogens is 1. The van der Waals surface area contributed by atoms with Crippen LogP contribution in [0.1, 0.15) is 32.4 Å². The quantitative estimate of drug-likeness (QED) is 0.503. The smallest absolute Gasteiger partial charge is 0.141 e. The molecule has 100 valence electrons. The molecule has 0 atom stereocenters. The first kappa shape index (κ1) is 14.4. The van der Waals surface area contributed by atoms with Gasteiger partial charge in [0.25, 0.3) is 0 Å². The van der Waals surface area contributed by atoms with Crippen LogP contribution in [0.3, 0.4) is 0 Å². The van der Waals surface area contributed by atoms with Crippen LogP contribution < -0.4 is 10.6 Å². The molecule has 0 aliphatic rings. The predicted molar refractivity (Wildman–Crippen MR) is 74.1 cm³/mol. The van der Waals surface area contributed by atoms with E-state index in [4.69, 9.17) is 11.1 Å². The fraction of sp³-hybridized carbons (Fsp3) is 0.538. The summed E-state index contributed by atoms with van der Waals surface area (Å²) in [6, 6.07) is 4.07. The van der Waals surface area contributed by atoms with Crippen LogP contribution in [0.5, 0.6) is 0 Å². The summed E-state index contributed by atoms with van der Waals surface area (Å²) in [5.41, 5.74) is 6.88. The highest BCUT2D eigenvalue weighted by Crippen LogP contribution is 2.20. The van der Waals surface area contributed by atoms with Gasteiger partial charge in [-0.1, -0.05) is 13.8 Å². The molecule has 0 aromatic carbocycles. The highest BCUT2D eigenvalue weighted by atomic mass is 16.3. The monoisotopic (exact) mass is 250 g/mol. The fourth-order valence-electron chi connectivity index (χ4n) is 2.11. The summed E-state index contributed by atoms with van der Waals surface area (Å²) >= 11 is 0. The van der Waals surface area contributed by atoms with Crippen molar-refractivity contribution in [2.75, 3.05) is 18.1 Å². The molecule has 5 heteroatoms. The predicted octanol–water partition coefficient (Wildman–Crippen LogP) is 1.35. The molecule has 0 aliphatic carbocycles. The number of anilines is 1. The van der Waals surface area contributed by atoms with Gasteiger partial charge in [-0.15, -0.1) is 0 Å². The second-order valence-electron chi connectivity index (χ2n) is 4.20. The average Bonchev–Trinajstić information content (AvgIpc) is 2.39. The molecule has 1 heterocycles. The first-order valence-electron chi connectivity index (χ1n) is 6.31. The number of nitrogens with zero attached hydrogens (tertiary/aromatic N) is 2. The van der Waals surface area contributed by atoms with E-state index in [1.54, 1.807) is 12.3 Å². The highest BCUT2D eigenvalue weighted by Gasteiger charge is 2.16. The standard InChI is InChI=1S/C13H22N4O/c1-3-10(4-2)17(7-8-18)11-5-6-16-12(9-11)13(14)15/h5-6,9-10,18H,3-4,7-8H2,1-2H3,(H3,14,15). The van der Waals surface area contributed by atoms with E-state index in [0.717, 1.165) is 18.5 Å². The Hall–Kier alpha value is -1.62. The molecule has 0 unspecified atom stereocenters. The van der Waals surface area contributed by atoms with Crippen molar-refractivity contribution in [1.29, 1.82) is 5.41 Å². The van der Waals surface area contributed by atoms with E-state index >= 15 is 0 Å². The largest absolute Gasteiger partial charge is 0.395 e. The van der Waals surface area contributed by atoms with Gasteiger partial charge in [0.05, 0.1) is 6.61 Å². The lowest BCUT2D eigenvalue weighted by atomic mass is 10.1. The Morgan fingerprint density at radius 2 is 2.17 bits per heavy atom. The lowest BCUT2D eigenvalue weighted by molar-refractivity contribution is 0.296. The SMILES string of the molecule is CCC(CC)N(CCO)c1ccnc(C(=N)N)c1. The van der Waals surface area contributed by atoms with Crippen molar-refractivity contribution in [2.45, 2.75) is 32.7 Å². The minimum Gasteiger partial charge on any atom is -0.395 e. The van der Waals surface area contributed by atoms with Gasteiger partial charge < -0.3 is 15.7 Å². The first-order chi connectivity index (χ1) is 8.63. The third kappa shape index (κ3) is 3.43. The van der Waals surface area contributed by atoms with Crippen molar-refractivity contribution in [3.8, 4) is 0 Å². The van der Waals surface area contributed by atoms with Crippen molar-refractivity contribution in [2.24, 2.45) is 5.73 Å². The molecule has 1 rings (SSSR count). The van der Waals surface area contributed by atoms with E-state index < -0.39 is 0 Å². The molecule has 0 aliphatic heterocycles. The number of aliphatic hydroxyl groups excluding tert-OH is 1. The number of rotatable bonds is 7. The van der Waals surface area contributed by atoms with Crippen molar-refractivity contribution >= 4 is 11.5 Å². The van der Waals surface area contributed by atoms with E-state index in [2.05, 4.69) is 23.7 Å². The summed E-state index contributed by atoms with van der Waals surface area (Å²) in [5, 5.41) is 16.6. The van der Waals surface area contributed by atoms with Crippen molar-refractivity contribution in [3.63, 3.8) is 0 Å². The number of nitrogen functional groups attached to an aromatic ring is 1. The first-order valence-corrected chi connectivity index (χ1v) is 6.31. The number of nitrogens with two attached hydrogens (primary N) is 1. The van der Waals surface area contributed by atoms with Gasteiger partial charge in [0, 0.05) is 24.5 Å². The molecule has 0 bridgehead atoms. The summed E-state index contributed by atoms with van der Waals surface area (Å²) < 4.78 is 0. The summed E-state index contributed by atoms with van der Waals surface area (Å²) in [4.78, 5) is 6.20. The van der Waals surface area contributed by atoms with Crippen LogP contribution in [0.2, 0.25) is 0 Å². The molecular formula is C13H22N4O. The third-order valence-corrected chi connectivity index (χ3v) is 3.08. The molecular weight excluding hydrogens is 228 g/mol. The van der Waals surface area contributed by atoms with E-state index in [9.17, 15) is 5.11 Å². The molecule has 1 aromatic heterocycles. The van der Waals surface area contributed by atoms with Crippen LogP contribution in [0.4, 0.5) is 5.69 Å². The maximum absolute atomic E-state index is 9.19. The van der Waals surface area contributed by atoms with E-state index in [-0.39, 0.29) is 12.4 Å². The van der Waals surface area contributed by atoms with Crippen LogP contribution in [0.25, 0.3) is 0 Å². The summed E-state index contributed by atoms with van der Waals surface area (Å²) in [7, 11) is 0. The van der Waals surface area contributed by atoms with Gasteiger partial charge in [0.15, 0.2) is 0 Å². The molecule has 0 saturated carbocycles. The number of hydrogen-bond donors (Lipinski definition) is 3. The van der Waals surface area contributed by atoms with Gasteiger partial charge in [-0.25, -0.2) is 0 Å². The Balaban J connectivity index is 3.04. The van der Waals surface area contributed by atoms with Gasteiger partial charge in [-0.05, 0) is 25.0 Å². The van der Waals surface area contributed by atoms with Crippen LogP contribution in [0, 0.1) is 5.41 Å². The second-order valence-corrected chi connectivity index (χ2v) is 4.20. The zero-order valence-corrected chi connectivity index (χ0v) is 11.1. The molecule has 0 amide bonds. The topological polar surface area (TPSA) is 86.2 Å². The maximum atomic E-state index is 9.19. The lowest BCUT2D eigenvalue weighted by Crippen LogP contribution is -2.37. The van der Waals surface area contributed by atoms with Crippen LogP contribution in [0.15, 0.2) is 18.3 Å². The minimum absolute atomic E-state index is 0.0367. The van der Waals surface area contributed by atoms with Gasteiger partial charge in [-0.3, -0.25) is 10.4 Å².